The summed E-state index contributed by atoms with van der Waals surface area (Å²) in [6, 6.07) is 13.9. The van der Waals surface area contributed by atoms with Crippen LogP contribution in [0.5, 0.6) is 5.75 Å². The van der Waals surface area contributed by atoms with E-state index >= 15 is 0 Å². The molecule has 0 spiro atoms. The zero-order chi connectivity index (χ0) is 15.8. The van der Waals surface area contributed by atoms with Crippen molar-refractivity contribution < 1.29 is 9.53 Å². The van der Waals surface area contributed by atoms with Crippen LogP contribution in [0.3, 0.4) is 0 Å². The summed E-state index contributed by atoms with van der Waals surface area (Å²) >= 11 is 0. The molecule has 2 saturated carbocycles. The molecule has 2 aromatic rings. The molecule has 0 unspecified atom stereocenters. The summed E-state index contributed by atoms with van der Waals surface area (Å²) in [5.41, 5.74) is 1.89. The number of pyridine rings is 1. The fourth-order valence-electron chi connectivity index (χ4n) is 4.65. The first-order chi connectivity index (χ1) is 11.3. The molecular weight excluding hydrogens is 286 g/mol. The Morgan fingerprint density at radius 3 is 2.57 bits per heavy atom. The third kappa shape index (κ3) is 2.44. The van der Waals surface area contributed by atoms with Crippen LogP contribution >= 0.6 is 0 Å². The Kier molecular flexibility index (Phi) is 3.64. The first-order valence-corrected chi connectivity index (χ1v) is 8.37. The zero-order valence-electron chi connectivity index (χ0n) is 13.3. The van der Waals surface area contributed by atoms with Crippen molar-refractivity contribution in [2.24, 2.45) is 17.8 Å². The highest BCUT2D eigenvalue weighted by Crippen LogP contribution is 2.57. The molecule has 3 heteroatoms. The molecule has 0 amide bonds. The first kappa shape index (κ1) is 14.4. The van der Waals surface area contributed by atoms with Crippen molar-refractivity contribution in [2.75, 3.05) is 7.11 Å². The largest absolute Gasteiger partial charge is 0.497 e. The summed E-state index contributed by atoms with van der Waals surface area (Å²) in [7, 11) is 1.68. The molecule has 4 rings (SSSR count). The Bertz CT molecular complexity index is 695. The number of carbonyl (C=O) groups is 1. The lowest BCUT2D eigenvalue weighted by molar-refractivity contribution is 0.0847. The van der Waals surface area contributed by atoms with Crippen molar-refractivity contribution in [3.8, 4) is 5.75 Å². The quantitative estimate of drug-likeness (QED) is 0.798. The molecule has 2 fully saturated rings. The maximum absolute atomic E-state index is 13.1. The van der Waals surface area contributed by atoms with Crippen molar-refractivity contribution in [1.82, 2.24) is 4.98 Å². The van der Waals surface area contributed by atoms with Gasteiger partial charge in [0.1, 0.15) is 11.4 Å². The predicted molar refractivity (Wildman–Crippen MR) is 88.6 cm³/mol. The number of carbonyl (C=O) groups excluding carboxylic acids is 1. The Hall–Kier alpha value is -2.16. The minimum absolute atomic E-state index is 0.0806. The Morgan fingerprint density at radius 2 is 1.87 bits per heavy atom. The normalized spacial score (nSPS) is 28.7. The summed E-state index contributed by atoms with van der Waals surface area (Å²) in [6.07, 6.45) is 5.32. The van der Waals surface area contributed by atoms with Gasteiger partial charge in [-0.2, -0.15) is 0 Å². The highest BCUT2D eigenvalue weighted by molar-refractivity contribution is 5.97. The van der Waals surface area contributed by atoms with E-state index in [1.54, 1.807) is 13.3 Å². The van der Waals surface area contributed by atoms with Crippen LogP contribution < -0.4 is 4.74 Å². The lowest BCUT2D eigenvalue weighted by Crippen LogP contribution is -2.28. The zero-order valence-corrected chi connectivity index (χ0v) is 13.3. The van der Waals surface area contributed by atoms with E-state index in [4.69, 9.17) is 4.74 Å². The molecule has 0 aliphatic heterocycles. The van der Waals surface area contributed by atoms with Gasteiger partial charge in [0.2, 0.25) is 0 Å². The van der Waals surface area contributed by atoms with Crippen LogP contribution in [0.4, 0.5) is 0 Å². The van der Waals surface area contributed by atoms with Gasteiger partial charge < -0.3 is 4.74 Å². The molecule has 23 heavy (non-hydrogen) atoms. The van der Waals surface area contributed by atoms with Gasteiger partial charge in [-0.1, -0.05) is 18.2 Å². The second kappa shape index (κ2) is 5.80. The minimum Gasteiger partial charge on any atom is -0.497 e. The van der Waals surface area contributed by atoms with E-state index < -0.39 is 0 Å². The van der Waals surface area contributed by atoms with E-state index in [9.17, 15) is 4.79 Å². The van der Waals surface area contributed by atoms with E-state index in [0.29, 0.717) is 23.4 Å². The van der Waals surface area contributed by atoms with E-state index in [0.717, 1.165) is 5.75 Å². The maximum Gasteiger partial charge on any atom is 0.185 e. The number of rotatable bonds is 4. The Morgan fingerprint density at radius 1 is 1.09 bits per heavy atom. The van der Waals surface area contributed by atoms with Gasteiger partial charge in [0.05, 0.1) is 7.11 Å². The van der Waals surface area contributed by atoms with Crippen molar-refractivity contribution in [3.05, 3.63) is 59.9 Å². The van der Waals surface area contributed by atoms with Crippen molar-refractivity contribution >= 4 is 5.78 Å². The smallest absolute Gasteiger partial charge is 0.185 e. The molecule has 1 aromatic carbocycles. The maximum atomic E-state index is 13.1. The second-order valence-electron chi connectivity index (χ2n) is 6.74. The van der Waals surface area contributed by atoms with Crippen LogP contribution in [0.1, 0.15) is 41.2 Å². The molecule has 4 atom stereocenters. The van der Waals surface area contributed by atoms with Crippen LogP contribution in [-0.2, 0) is 0 Å². The number of aromatic nitrogens is 1. The number of fused-ring (bicyclic) bond motifs is 2. The third-order valence-electron chi connectivity index (χ3n) is 5.64. The SMILES string of the molecule is COc1ccc([C@@H]2[C@H]3CC[C@H](C3)[C@H]2C(=O)c2ccccn2)cc1. The van der Waals surface area contributed by atoms with Gasteiger partial charge in [-0.15, -0.1) is 0 Å². The standard InChI is InChI=1S/C20H21NO2/c1-23-16-9-7-13(8-10-16)18-14-5-6-15(12-14)19(18)20(22)17-4-2-3-11-21-17/h2-4,7-11,14-15,18-19H,5-6,12H2,1H3/t14-,15+,18+,19+/m0/s1. The number of benzene rings is 1. The topological polar surface area (TPSA) is 39.2 Å². The summed E-state index contributed by atoms with van der Waals surface area (Å²) < 4.78 is 5.26. The number of hydrogen-bond acceptors (Lipinski definition) is 3. The van der Waals surface area contributed by atoms with E-state index in [-0.39, 0.29) is 11.7 Å². The molecular formula is C20H21NO2. The predicted octanol–water partition coefficient (Wildman–Crippen LogP) is 4.10. The number of ketones is 1. The monoisotopic (exact) mass is 307 g/mol. The first-order valence-electron chi connectivity index (χ1n) is 8.37. The van der Waals surface area contributed by atoms with Crippen molar-refractivity contribution in [3.63, 3.8) is 0 Å². The lowest BCUT2D eigenvalue weighted by atomic mass is 9.73. The minimum atomic E-state index is 0.0806. The van der Waals surface area contributed by atoms with Crippen LogP contribution in [0.25, 0.3) is 0 Å². The van der Waals surface area contributed by atoms with Crippen LogP contribution in [0, 0.1) is 17.8 Å². The van der Waals surface area contributed by atoms with Crippen LogP contribution in [-0.4, -0.2) is 17.9 Å². The fourth-order valence-corrected chi connectivity index (χ4v) is 4.65. The van der Waals surface area contributed by atoms with Gasteiger partial charge in [0, 0.05) is 12.1 Å². The number of hydrogen-bond donors (Lipinski definition) is 0. The molecule has 2 bridgehead atoms. The Balaban J connectivity index is 1.67. The number of ether oxygens (including phenoxy) is 1. The van der Waals surface area contributed by atoms with Crippen molar-refractivity contribution in [1.29, 1.82) is 0 Å². The van der Waals surface area contributed by atoms with E-state index in [1.807, 2.05) is 30.3 Å². The van der Waals surface area contributed by atoms with Gasteiger partial charge in [-0.05, 0) is 66.8 Å². The third-order valence-corrected chi connectivity index (χ3v) is 5.64. The van der Waals surface area contributed by atoms with E-state index in [1.165, 1.54) is 24.8 Å². The summed E-state index contributed by atoms with van der Waals surface area (Å²) in [5.74, 6) is 2.64. The summed E-state index contributed by atoms with van der Waals surface area (Å²) in [4.78, 5) is 17.3. The fraction of sp³-hybridized carbons (Fsp3) is 0.400. The van der Waals surface area contributed by atoms with Crippen LogP contribution in [0.15, 0.2) is 48.7 Å². The summed E-state index contributed by atoms with van der Waals surface area (Å²) in [6.45, 7) is 0. The van der Waals surface area contributed by atoms with Gasteiger partial charge in [0.25, 0.3) is 0 Å². The molecule has 2 aliphatic rings. The molecule has 0 radical (unpaired) electrons. The summed E-state index contributed by atoms with van der Waals surface area (Å²) in [5, 5.41) is 0. The second-order valence-corrected chi connectivity index (χ2v) is 6.74. The Labute approximate surface area is 136 Å². The molecule has 1 heterocycles. The highest BCUT2D eigenvalue weighted by atomic mass is 16.5. The van der Waals surface area contributed by atoms with Gasteiger partial charge in [-0.3, -0.25) is 9.78 Å². The molecule has 118 valence electrons. The molecule has 0 N–H and O–H groups in total. The number of Topliss-reactive ketones (excluding diaryl/α,β-unsaturated/α-hetero) is 1. The average molecular weight is 307 g/mol. The molecule has 1 aromatic heterocycles. The van der Waals surface area contributed by atoms with Crippen molar-refractivity contribution in [2.45, 2.75) is 25.2 Å². The molecule has 2 aliphatic carbocycles. The molecule has 0 saturated heterocycles. The lowest BCUT2D eigenvalue weighted by Gasteiger charge is -2.30. The average Bonchev–Trinajstić information content (AvgIpc) is 3.23. The number of nitrogens with zero attached hydrogens (tertiary/aromatic N) is 1. The highest BCUT2D eigenvalue weighted by Gasteiger charge is 2.51. The van der Waals surface area contributed by atoms with Gasteiger partial charge >= 0.3 is 0 Å². The van der Waals surface area contributed by atoms with E-state index in [2.05, 4.69) is 17.1 Å². The molecule has 3 nitrogen and oxygen atoms in total. The number of methoxy groups -OCH3 is 1. The van der Waals surface area contributed by atoms with Gasteiger partial charge in [0.15, 0.2) is 5.78 Å². The van der Waals surface area contributed by atoms with Crippen LogP contribution in [0.2, 0.25) is 0 Å². The van der Waals surface area contributed by atoms with Gasteiger partial charge in [-0.25, -0.2) is 0 Å².